The summed E-state index contributed by atoms with van der Waals surface area (Å²) < 4.78 is 10.5. The lowest BCUT2D eigenvalue weighted by Gasteiger charge is -2.09. The average Bonchev–Trinajstić information content (AvgIpc) is 2.27. The summed E-state index contributed by atoms with van der Waals surface area (Å²) in [4.78, 5) is 0. The lowest BCUT2D eigenvalue weighted by molar-refractivity contribution is 0.358. The second kappa shape index (κ2) is 3.58. The third kappa shape index (κ3) is 1.29. The highest BCUT2D eigenvalue weighted by Gasteiger charge is 2.06. The first-order chi connectivity index (χ1) is 6.86. The predicted octanol–water partition coefficient (Wildman–Crippen LogP) is 2.66. The molecular formula is C12H11O2. The number of ether oxygens (including phenoxy) is 2. The van der Waals surface area contributed by atoms with E-state index >= 15 is 0 Å². The van der Waals surface area contributed by atoms with Gasteiger partial charge in [0.25, 0.3) is 0 Å². The first-order valence-corrected chi connectivity index (χ1v) is 4.37. The van der Waals surface area contributed by atoms with Gasteiger partial charge in [-0.05, 0) is 29.7 Å². The van der Waals surface area contributed by atoms with E-state index in [-0.39, 0.29) is 0 Å². The van der Waals surface area contributed by atoms with Crippen LogP contribution >= 0.6 is 0 Å². The normalized spacial score (nSPS) is 10.1. The minimum atomic E-state index is 0.756. The number of benzene rings is 2. The molecule has 0 aliphatic rings. The van der Waals surface area contributed by atoms with Crippen LogP contribution in [0.1, 0.15) is 0 Å². The molecule has 2 rings (SSSR count). The van der Waals surface area contributed by atoms with E-state index in [9.17, 15) is 0 Å². The summed E-state index contributed by atoms with van der Waals surface area (Å²) in [5.41, 5.74) is 0. The molecule has 2 heteroatoms. The molecule has 0 aromatic heterocycles. The molecule has 0 bridgehead atoms. The number of rotatable bonds is 2. The highest BCUT2D eigenvalue weighted by Crippen LogP contribution is 2.34. The molecule has 0 saturated heterocycles. The number of hydrogen-bond donors (Lipinski definition) is 0. The minimum absolute atomic E-state index is 0.756. The number of methoxy groups -OCH3 is 2. The molecule has 71 valence electrons. The van der Waals surface area contributed by atoms with Gasteiger partial charge in [0.1, 0.15) is 0 Å². The molecule has 0 unspecified atom stereocenters. The summed E-state index contributed by atoms with van der Waals surface area (Å²) in [5, 5.41) is 2.15. The van der Waals surface area contributed by atoms with Crippen molar-refractivity contribution in [3.63, 3.8) is 0 Å². The zero-order chi connectivity index (χ0) is 9.97. The molecule has 1 radical (unpaired) electrons. The molecule has 2 aromatic rings. The van der Waals surface area contributed by atoms with Crippen molar-refractivity contribution in [1.82, 2.24) is 0 Å². The van der Waals surface area contributed by atoms with Crippen molar-refractivity contribution in [2.24, 2.45) is 0 Å². The van der Waals surface area contributed by atoms with Crippen LogP contribution in [0, 0.1) is 6.07 Å². The van der Waals surface area contributed by atoms with Crippen molar-refractivity contribution in [2.75, 3.05) is 14.2 Å². The molecule has 0 atom stereocenters. The average molecular weight is 187 g/mol. The van der Waals surface area contributed by atoms with Gasteiger partial charge in [0.05, 0.1) is 14.2 Å². The van der Waals surface area contributed by atoms with E-state index in [0.29, 0.717) is 0 Å². The van der Waals surface area contributed by atoms with Crippen LogP contribution in [0.5, 0.6) is 11.5 Å². The quantitative estimate of drug-likeness (QED) is 0.719. The summed E-state index contributed by atoms with van der Waals surface area (Å²) in [6, 6.07) is 12.7. The van der Waals surface area contributed by atoms with Crippen LogP contribution in [0.4, 0.5) is 0 Å². The van der Waals surface area contributed by atoms with E-state index in [4.69, 9.17) is 9.47 Å². The highest BCUT2D eigenvalue weighted by molar-refractivity contribution is 5.90. The summed E-state index contributed by atoms with van der Waals surface area (Å²) in [7, 11) is 3.28. The molecule has 0 saturated carbocycles. The van der Waals surface area contributed by atoms with Crippen LogP contribution in [0.3, 0.4) is 0 Å². The third-order valence-electron chi connectivity index (χ3n) is 2.20. The van der Waals surface area contributed by atoms with Crippen LogP contribution in [0.2, 0.25) is 0 Å². The third-order valence-corrected chi connectivity index (χ3v) is 2.20. The second-order valence-electron chi connectivity index (χ2n) is 2.95. The van der Waals surface area contributed by atoms with Crippen LogP contribution in [-0.4, -0.2) is 14.2 Å². The lowest BCUT2D eigenvalue weighted by atomic mass is 10.1. The van der Waals surface area contributed by atoms with E-state index < -0.39 is 0 Å². The molecule has 0 aliphatic carbocycles. The van der Waals surface area contributed by atoms with Gasteiger partial charge in [-0.1, -0.05) is 12.1 Å². The Labute approximate surface area is 83.1 Å². The maximum atomic E-state index is 5.31. The Morgan fingerprint density at radius 2 is 1.93 bits per heavy atom. The summed E-state index contributed by atoms with van der Waals surface area (Å²) in [6.45, 7) is 0. The Morgan fingerprint density at radius 1 is 1.07 bits per heavy atom. The fourth-order valence-electron chi connectivity index (χ4n) is 1.53. The van der Waals surface area contributed by atoms with Crippen molar-refractivity contribution in [3.8, 4) is 11.5 Å². The smallest absolute Gasteiger partial charge is 0.168 e. The van der Waals surface area contributed by atoms with Gasteiger partial charge < -0.3 is 9.47 Å². The molecule has 0 fully saturated rings. The molecule has 0 spiro atoms. The second-order valence-corrected chi connectivity index (χ2v) is 2.95. The van der Waals surface area contributed by atoms with Gasteiger partial charge in [-0.2, -0.15) is 0 Å². The molecule has 2 aromatic carbocycles. The first kappa shape index (κ1) is 8.88. The Balaban J connectivity index is 2.77. The van der Waals surface area contributed by atoms with Crippen molar-refractivity contribution < 1.29 is 9.47 Å². The van der Waals surface area contributed by atoms with Crippen LogP contribution < -0.4 is 9.47 Å². The maximum absolute atomic E-state index is 5.31. The van der Waals surface area contributed by atoms with E-state index in [0.717, 1.165) is 22.3 Å². The highest BCUT2D eigenvalue weighted by atomic mass is 16.5. The van der Waals surface area contributed by atoms with E-state index in [2.05, 4.69) is 6.07 Å². The van der Waals surface area contributed by atoms with Crippen LogP contribution in [0.25, 0.3) is 10.8 Å². The molecular weight excluding hydrogens is 176 g/mol. The summed E-state index contributed by atoms with van der Waals surface area (Å²) in [6.07, 6.45) is 0. The standard InChI is InChI=1S/C12H11O2/c1-13-11-8-7-9-5-3-4-6-10(9)12(11)14-2/h4-8H,1-2H3. The Hall–Kier alpha value is -1.70. The minimum Gasteiger partial charge on any atom is -0.493 e. The van der Waals surface area contributed by atoms with Crippen LogP contribution in [0.15, 0.2) is 30.3 Å². The molecule has 0 N–H and O–H groups in total. The SMILES string of the molecule is COc1ccc2c[c]ccc2c1OC. The summed E-state index contributed by atoms with van der Waals surface area (Å²) in [5.74, 6) is 1.53. The molecule has 0 heterocycles. The van der Waals surface area contributed by atoms with Crippen molar-refractivity contribution in [1.29, 1.82) is 0 Å². The largest absolute Gasteiger partial charge is 0.493 e. The number of fused-ring (bicyclic) bond motifs is 1. The van der Waals surface area contributed by atoms with Crippen molar-refractivity contribution in [3.05, 3.63) is 36.4 Å². The van der Waals surface area contributed by atoms with Gasteiger partial charge in [-0.3, -0.25) is 0 Å². The molecule has 14 heavy (non-hydrogen) atoms. The van der Waals surface area contributed by atoms with E-state index in [1.807, 2.05) is 30.3 Å². The van der Waals surface area contributed by atoms with Crippen molar-refractivity contribution in [2.45, 2.75) is 0 Å². The Kier molecular flexibility index (Phi) is 2.27. The topological polar surface area (TPSA) is 18.5 Å². The first-order valence-electron chi connectivity index (χ1n) is 4.37. The molecule has 0 aliphatic heterocycles. The van der Waals surface area contributed by atoms with Crippen LogP contribution in [-0.2, 0) is 0 Å². The van der Waals surface area contributed by atoms with Gasteiger partial charge >= 0.3 is 0 Å². The monoisotopic (exact) mass is 187 g/mol. The fraction of sp³-hybridized carbons (Fsp3) is 0.167. The molecule has 0 amide bonds. The van der Waals surface area contributed by atoms with Crippen molar-refractivity contribution >= 4 is 10.8 Å². The maximum Gasteiger partial charge on any atom is 0.168 e. The Bertz CT molecular complexity index is 449. The van der Waals surface area contributed by atoms with Gasteiger partial charge in [0.15, 0.2) is 11.5 Å². The molecule has 2 nitrogen and oxygen atoms in total. The Morgan fingerprint density at radius 3 is 2.64 bits per heavy atom. The fourth-order valence-corrected chi connectivity index (χ4v) is 1.53. The number of hydrogen-bond acceptors (Lipinski definition) is 2. The zero-order valence-corrected chi connectivity index (χ0v) is 8.20. The van der Waals surface area contributed by atoms with E-state index in [1.165, 1.54) is 0 Å². The van der Waals surface area contributed by atoms with E-state index in [1.54, 1.807) is 14.2 Å². The van der Waals surface area contributed by atoms with Gasteiger partial charge in [0, 0.05) is 5.39 Å². The van der Waals surface area contributed by atoms with Gasteiger partial charge in [0.2, 0.25) is 0 Å². The van der Waals surface area contributed by atoms with Gasteiger partial charge in [-0.25, -0.2) is 0 Å². The lowest BCUT2D eigenvalue weighted by Crippen LogP contribution is -1.91. The zero-order valence-electron chi connectivity index (χ0n) is 8.20. The summed E-state index contributed by atoms with van der Waals surface area (Å²) >= 11 is 0. The predicted molar refractivity (Wildman–Crippen MR) is 55.9 cm³/mol. The van der Waals surface area contributed by atoms with Gasteiger partial charge in [-0.15, -0.1) is 0 Å².